The lowest BCUT2D eigenvalue weighted by Crippen LogP contribution is -2.32. The molecule has 1 rings (SSSR count). The van der Waals surface area contributed by atoms with Crippen LogP contribution in [0.1, 0.15) is 12.5 Å². The Labute approximate surface area is 98.0 Å². The standard InChI is InChI=1S/C10H14BrClN2/c1-7(5-13)14-6-8-2-3-9(11)10(12)4-8/h2-4,7,14H,5-6,13H2,1H3. The molecule has 0 bridgehead atoms. The second-order valence-electron chi connectivity index (χ2n) is 3.27. The molecule has 1 aromatic rings. The van der Waals surface area contributed by atoms with Crippen LogP contribution < -0.4 is 11.1 Å². The van der Waals surface area contributed by atoms with Gasteiger partial charge in [0.05, 0.1) is 5.02 Å². The highest BCUT2D eigenvalue weighted by Gasteiger charge is 2.01. The van der Waals surface area contributed by atoms with Gasteiger partial charge in [-0.25, -0.2) is 0 Å². The number of halogens is 2. The summed E-state index contributed by atoms with van der Waals surface area (Å²) in [7, 11) is 0. The van der Waals surface area contributed by atoms with Crippen LogP contribution in [0.4, 0.5) is 0 Å². The molecule has 0 aliphatic rings. The first-order valence-corrected chi connectivity index (χ1v) is 5.68. The maximum Gasteiger partial charge on any atom is 0.0551 e. The van der Waals surface area contributed by atoms with Crippen molar-refractivity contribution in [3.8, 4) is 0 Å². The van der Waals surface area contributed by atoms with Crippen molar-refractivity contribution in [2.24, 2.45) is 5.73 Å². The Kier molecular flexibility index (Phi) is 4.89. The summed E-state index contributed by atoms with van der Waals surface area (Å²) in [5.74, 6) is 0. The van der Waals surface area contributed by atoms with Crippen LogP contribution in [0.15, 0.2) is 22.7 Å². The van der Waals surface area contributed by atoms with E-state index in [2.05, 4.69) is 28.2 Å². The van der Waals surface area contributed by atoms with Crippen LogP contribution in [-0.2, 0) is 6.54 Å². The Morgan fingerprint density at radius 3 is 2.86 bits per heavy atom. The van der Waals surface area contributed by atoms with Crippen molar-refractivity contribution in [2.45, 2.75) is 19.5 Å². The van der Waals surface area contributed by atoms with Gasteiger partial charge in [-0.15, -0.1) is 0 Å². The molecular weight excluding hydrogens is 263 g/mol. The number of hydrogen-bond donors (Lipinski definition) is 2. The van der Waals surface area contributed by atoms with Crippen LogP contribution in [-0.4, -0.2) is 12.6 Å². The third-order valence-electron chi connectivity index (χ3n) is 1.99. The monoisotopic (exact) mass is 276 g/mol. The first-order chi connectivity index (χ1) is 6.63. The normalized spacial score (nSPS) is 12.9. The second-order valence-corrected chi connectivity index (χ2v) is 4.53. The highest BCUT2D eigenvalue weighted by atomic mass is 79.9. The molecule has 0 heterocycles. The third kappa shape index (κ3) is 3.58. The molecular formula is C10H14BrClN2. The molecule has 0 saturated carbocycles. The van der Waals surface area contributed by atoms with E-state index in [1.807, 2.05) is 18.2 Å². The first kappa shape index (κ1) is 12.0. The fraction of sp³-hybridized carbons (Fsp3) is 0.400. The van der Waals surface area contributed by atoms with Crippen LogP contribution in [0, 0.1) is 0 Å². The van der Waals surface area contributed by atoms with E-state index < -0.39 is 0 Å². The van der Waals surface area contributed by atoms with E-state index in [9.17, 15) is 0 Å². The Morgan fingerprint density at radius 2 is 2.29 bits per heavy atom. The van der Waals surface area contributed by atoms with Crippen molar-refractivity contribution in [1.29, 1.82) is 0 Å². The van der Waals surface area contributed by atoms with Gasteiger partial charge in [-0.1, -0.05) is 17.7 Å². The van der Waals surface area contributed by atoms with Crippen molar-refractivity contribution < 1.29 is 0 Å². The zero-order valence-electron chi connectivity index (χ0n) is 8.06. The molecule has 3 N–H and O–H groups in total. The molecule has 0 aliphatic carbocycles. The fourth-order valence-electron chi connectivity index (χ4n) is 1.03. The van der Waals surface area contributed by atoms with Gasteiger partial charge in [0.2, 0.25) is 0 Å². The summed E-state index contributed by atoms with van der Waals surface area (Å²) in [6, 6.07) is 6.26. The Balaban J connectivity index is 2.55. The van der Waals surface area contributed by atoms with Gasteiger partial charge in [0, 0.05) is 23.6 Å². The highest BCUT2D eigenvalue weighted by molar-refractivity contribution is 9.10. The van der Waals surface area contributed by atoms with Crippen molar-refractivity contribution in [3.05, 3.63) is 33.3 Å². The highest BCUT2D eigenvalue weighted by Crippen LogP contribution is 2.22. The summed E-state index contributed by atoms with van der Waals surface area (Å²) in [6.07, 6.45) is 0. The Bertz CT molecular complexity index is 304. The van der Waals surface area contributed by atoms with Crippen LogP contribution in [0.25, 0.3) is 0 Å². The molecule has 2 nitrogen and oxygen atoms in total. The predicted octanol–water partition coefficient (Wildman–Crippen LogP) is 2.54. The third-order valence-corrected chi connectivity index (χ3v) is 3.22. The summed E-state index contributed by atoms with van der Waals surface area (Å²) in [6.45, 7) is 3.50. The van der Waals surface area contributed by atoms with Crippen LogP contribution in [0.2, 0.25) is 5.02 Å². The van der Waals surface area contributed by atoms with Gasteiger partial charge >= 0.3 is 0 Å². The average molecular weight is 278 g/mol. The van der Waals surface area contributed by atoms with Crippen molar-refractivity contribution in [2.75, 3.05) is 6.54 Å². The SMILES string of the molecule is CC(CN)NCc1ccc(Br)c(Cl)c1. The molecule has 0 aromatic heterocycles. The number of benzene rings is 1. The summed E-state index contributed by atoms with van der Waals surface area (Å²) < 4.78 is 0.926. The molecule has 0 saturated heterocycles. The predicted molar refractivity (Wildman–Crippen MR) is 64.5 cm³/mol. The van der Waals surface area contributed by atoms with Gasteiger partial charge in [0.15, 0.2) is 0 Å². The smallest absolute Gasteiger partial charge is 0.0551 e. The zero-order valence-corrected chi connectivity index (χ0v) is 10.4. The largest absolute Gasteiger partial charge is 0.329 e. The van der Waals surface area contributed by atoms with Gasteiger partial charge in [0.25, 0.3) is 0 Å². The molecule has 0 amide bonds. The molecule has 0 fully saturated rings. The molecule has 78 valence electrons. The molecule has 1 aromatic carbocycles. The number of nitrogens with two attached hydrogens (primary N) is 1. The van der Waals surface area contributed by atoms with Crippen LogP contribution in [0.5, 0.6) is 0 Å². The Hall–Kier alpha value is -0.0900. The maximum absolute atomic E-state index is 5.96. The van der Waals surface area contributed by atoms with E-state index in [-0.39, 0.29) is 0 Å². The molecule has 14 heavy (non-hydrogen) atoms. The maximum atomic E-state index is 5.96. The first-order valence-electron chi connectivity index (χ1n) is 4.51. The van der Waals surface area contributed by atoms with E-state index in [0.29, 0.717) is 12.6 Å². The van der Waals surface area contributed by atoms with E-state index in [1.165, 1.54) is 5.56 Å². The lowest BCUT2D eigenvalue weighted by atomic mass is 10.2. The van der Waals surface area contributed by atoms with Gasteiger partial charge in [-0.05, 0) is 40.5 Å². The number of rotatable bonds is 4. The number of hydrogen-bond acceptors (Lipinski definition) is 2. The molecule has 4 heteroatoms. The average Bonchev–Trinajstić information content (AvgIpc) is 2.19. The number of nitrogens with one attached hydrogen (secondary N) is 1. The molecule has 0 radical (unpaired) electrons. The second kappa shape index (κ2) is 5.71. The minimum Gasteiger partial charge on any atom is -0.329 e. The topological polar surface area (TPSA) is 38.0 Å². The lowest BCUT2D eigenvalue weighted by Gasteiger charge is -2.11. The molecule has 1 atom stereocenters. The summed E-state index contributed by atoms with van der Waals surface area (Å²) >= 11 is 9.31. The van der Waals surface area contributed by atoms with Gasteiger partial charge in [-0.2, -0.15) is 0 Å². The fourth-order valence-corrected chi connectivity index (χ4v) is 1.47. The van der Waals surface area contributed by atoms with Crippen molar-refractivity contribution >= 4 is 27.5 Å². The van der Waals surface area contributed by atoms with E-state index >= 15 is 0 Å². The van der Waals surface area contributed by atoms with Gasteiger partial charge in [-0.3, -0.25) is 0 Å². The van der Waals surface area contributed by atoms with E-state index in [1.54, 1.807) is 0 Å². The molecule has 0 spiro atoms. The lowest BCUT2D eigenvalue weighted by molar-refractivity contribution is 0.556. The van der Waals surface area contributed by atoms with Crippen molar-refractivity contribution in [1.82, 2.24) is 5.32 Å². The quantitative estimate of drug-likeness (QED) is 0.887. The minimum absolute atomic E-state index is 0.331. The van der Waals surface area contributed by atoms with Gasteiger partial charge < -0.3 is 11.1 Å². The zero-order chi connectivity index (χ0) is 10.6. The van der Waals surface area contributed by atoms with E-state index in [4.69, 9.17) is 17.3 Å². The Morgan fingerprint density at radius 1 is 1.57 bits per heavy atom. The summed E-state index contributed by atoms with van der Waals surface area (Å²) in [4.78, 5) is 0. The van der Waals surface area contributed by atoms with Crippen LogP contribution in [0.3, 0.4) is 0 Å². The van der Waals surface area contributed by atoms with Gasteiger partial charge in [0.1, 0.15) is 0 Å². The van der Waals surface area contributed by atoms with Crippen LogP contribution >= 0.6 is 27.5 Å². The van der Waals surface area contributed by atoms with Crippen molar-refractivity contribution in [3.63, 3.8) is 0 Å². The molecule has 0 aliphatic heterocycles. The molecule has 1 unspecified atom stereocenters. The summed E-state index contributed by atoms with van der Waals surface area (Å²) in [5, 5.41) is 4.04. The van der Waals surface area contributed by atoms with E-state index in [0.717, 1.165) is 16.0 Å². The minimum atomic E-state index is 0.331. The summed E-state index contributed by atoms with van der Waals surface area (Å²) in [5.41, 5.74) is 6.66.